The fourth-order valence-corrected chi connectivity index (χ4v) is 2.29. The predicted molar refractivity (Wildman–Crippen MR) is 89.2 cm³/mol. The highest BCUT2D eigenvalue weighted by Gasteiger charge is 2.21. The van der Waals surface area contributed by atoms with Crippen LogP contribution in [0.1, 0.15) is 11.1 Å². The topological polar surface area (TPSA) is 29.5 Å². The predicted octanol–water partition coefficient (Wildman–Crippen LogP) is 3.87. The van der Waals surface area contributed by atoms with Gasteiger partial charge in [0.15, 0.2) is 0 Å². The first-order valence-electron chi connectivity index (χ1n) is 7.22. The van der Waals surface area contributed by atoms with E-state index in [9.17, 15) is 9.18 Å². The Morgan fingerprint density at radius 2 is 1.65 bits per heavy atom. The Bertz CT molecular complexity index is 787. The summed E-state index contributed by atoms with van der Waals surface area (Å²) in [5, 5.41) is 0. The minimum Gasteiger partial charge on any atom is -0.422 e. The molecule has 0 spiro atoms. The second-order valence-electron chi connectivity index (χ2n) is 5.49. The number of rotatable bonds is 3. The molecule has 3 nitrogen and oxygen atoms in total. The molecule has 0 atom stereocenters. The van der Waals surface area contributed by atoms with Crippen molar-refractivity contribution in [2.45, 2.75) is 0 Å². The number of ether oxygens (including phenoxy) is 1. The normalized spacial score (nSPS) is 15.5. The molecule has 1 aliphatic rings. The first-order valence-corrected chi connectivity index (χ1v) is 7.22. The van der Waals surface area contributed by atoms with Crippen molar-refractivity contribution in [3.8, 4) is 0 Å². The summed E-state index contributed by atoms with van der Waals surface area (Å²) in [7, 11) is 3.94. The van der Waals surface area contributed by atoms with E-state index in [1.54, 1.807) is 24.3 Å². The number of nitrogens with zero attached hydrogens (tertiary/aromatic N) is 1. The van der Waals surface area contributed by atoms with Crippen LogP contribution in [0.25, 0.3) is 11.8 Å². The van der Waals surface area contributed by atoms with Crippen molar-refractivity contribution in [2.75, 3.05) is 19.0 Å². The van der Waals surface area contributed by atoms with Gasteiger partial charge in [-0.25, -0.2) is 9.18 Å². The van der Waals surface area contributed by atoms with E-state index in [1.165, 1.54) is 12.1 Å². The SMILES string of the molecule is CN(C)c1ccc(/C=C2\C=C(c3ccc(F)cc3)OC2=O)cc1. The van der Waals surface area contributed by atoms with Gasteiger partial charge in [0.1, 0.15) is 11.6 Å². The highest BCUT2D eigenvalue weighted by molar-refractivity contribution is 6.05. The molecule has 0 bridgehead atoms. The molecule has 0 radical (unpaired) electrons. The molecule has 0 unspecified atom stereocenters. The summed E-state index contributed by atoms with van der Waals surface area (Å²) in [4.78, 5) is 14.0. The number of anilines is 1. The molecular weight excluding hydrogens is 293 g/mol. The van der Waals surface area contributed by atoms with Crippen LogP contribution in [0.3, 0.4) is 0 Å². The Hall–Kier alpha value is -2.88. The Kier molecular flexibility index (Phi) is 3.98. The van der Waals surface area contributed by atoms with Crippen LogP contribution in [-0.2, 0) is 9.53 Å². The second kappa shape index (κ2) is 6.08. The molecule has 0 saturated heterocycles. The van der Waals surface area contributed by atoms with E-state index in [2.05, 4.69) is 0 Å². The van der Waals surface area contributed by atoms with Crippen LogP contribution in [0, 0.1) is 5.82 Å². The molecule has 23 heavy (non-hydrogen) atoms. The van der Waals surface area contributed by atoms with Gasteiger partial charge in [-0.1, -0.05) is 12.1 Å². The summed E-state index contributed by atoms with van der Waals surface area (Å²) < 4.78 is 18.2. The van der Waals surface area contributed by atoms with Crippen molar-refractivity contribution in [1.29, 1.82) is 0 Å². The molecule has 2 aromatic carbocycles. The molecule has 1 heterocycles. The lowest BCUT2D eigenvalue weighted by atomic mass is 10.1. The number of hydrogen-bond donors (Lipinski definition) is 0. The van der Waals surface area contributed by atoms with E-state index in [1.807, 2.05) is 43.3 Å². The number of hydrogen-bond acceptors (Lipinski definition) is 3. The number of esters is 1. The average Bonchev–Trinajstić information content (AvgIpc) is 2.89. The largest absolute Gasteiger partial charge is 0.422 e. The molecule has 116 valence electrons. The van der Waals surface area contributed by atoms with E-state index in [0.29, 0.717) is 16.9 Å². The van der Waals surface area contributed by atoms with Crippen LogP contribution in [0.2, 0.25) is 0 Å². The summed E-state index contributed by atoms with van der Waals surface area (Å²) in [5.74, 6) is -0.289. The van der Waals surface area contributed by atoms with Crippen molar-refractivity contribution in [1.82, 2.24) is 0 Å². The van der Waals surface area contributed by atoms with Gasteiger partial charge in [-0.05, 0) is 54.1 Å². The van der Waals surface area contributed by atoms with Gasteiger partial charge in [0, 0.05) is 25.3 Å². The molecule has 0 amide bonds. The maximum atomic E-state index is 13.0. The third-order valence-corrected chi connectivity index (χ3v) is 3.59. The first-order chi connectivity index (χ1) is 11.0. The van der Waals surface area contributed by atoms with E-state index in [0.717, 1.165) is 11.3 Å². The third kappa shape index (κ3) is 3.31. The van der Waals surface area contributed by atoms with Crippen molar-refractivity contribution >= 4 is 23.5 Å². The molecule has 2 aromatic rings. The van der Waals surface area contributed by atoms with Gasteiger partial charge in [0.2, 0.25) is 0 Å². The van der Waals surface area contributed by atoms with E-state index >= 15 is 0 Å². The second-order valence-corrected chi connectivity index (χ2v) is 5.49. The van der Waals surface area contributed by atoms with Gasteiger partial charge in [-0.2, -0.15) is 0 Å². The van der Waals surface area contributed by atoms with E-state index < -0.39 is 5.97 Å². The molecule has 3 rings (SSSR count). The highest BCUT2D eigenvalue weighted by atomic mass is 19.1. The smallest absolute Gasteiger partial charge is 0.343 e. The highest BCUT2D eigenvalue weighted by Crippen LogP contribution is 2.27. The van der Waals surface area contributed by atoms with Crippen molar-refractivity contribution < 1.29 is 13.9 Å². The zero-order chi connectivity index (χ0) is 16.4. The van der Waals surface area contributed by atoms with Crippen molar-refractivity contribution in [2.24, 2.45) is 0 Å². The summed E-state index contributed by atoms with van der Waals surface area (Å²) in [6.07, 6.45) is 3.45. The molecule has 0 aromatic heterocycles. The number of halogens is 1. The van der Waals surface area contributed by atoms with Crippen LogP contribution in [-0.4, -0.2) is 20.1 Å². The Labute approximate surface area is 134 Å². The van der Waals surface area contributed by atoms with Gasteiger partial charge in [-0.15, -0.1) is 0 Å². The Morgan fingerprint density at radius 3 is 2.26 bits per heavy atom. The maximum absolute atomic E-state index is 13.0. The molecule has 0 N–H and O–H groups in total. The number of carbonyl (C=O) groups is 1. The van der Waals surface area contributed by atoms with Crippen LogP contribution < -0.4 is 4.90 Å². The van der Waals surface area contributed by atoms with Gasteiger partial charge in [0.05, 0.1) is 5.57 Å². The maximum Gasteiger partial charge on any atom is 0.343 e. The number of benzene rings is 2. The third-order valence-electron chi connectivity index (χ3n) is 3.59. The van der Waals surface area contributed by atoms with Gasteiger partial charge in [-0.3, -0.25) is 0 Å². The van der Waals surface area contributed by atoms with Gasteiger partial charge in [0.25, 0.3) is 0 Å². The summed E-state index contributed by atoms with van der Waals surface area (Å²) >= 11 is 0. The lowest BCUT2D eigenvalue weighted by molar-refractivity contribution is -0.130. The van der Waals surface area contributed by atoms with Crippen LogP contribution >= 0.6 is 0 Å². The average molecular weight is 309 g/mol. The zero-order valence-corrected chi connectivity index (χ0v) is 12.9. The van der Waals surface area contributed by atoms with E-state index in [-0.39, 0.29) is 5.82 Å². The standard InChI is InChI=1S/C19H16FNO2/c1-21(2)17-9-3-13(4-10-17)11-15-12-18(23-19(15)22)14-5-7-16(20)8-6-14/h3-12H,1-2H3/b15-11+. The van der Waals surface area contributed by atoms with Crippen LogP contribution in [0.4, 0.5) is 10.1 Å². The fourth-order valence-electron chi connectivity index (χ4n) is 2.29. The first kappa shape index (κ1) is 15.0. The van der Waals surface area contributed by atoms with Crippen LogP contribution in [0.15, 0.2) is 60.2 Å². The number of cyclic esters (lactones) is 1. The summed E-state index contributed by atoms with van der Waals surface area (Å²) in [6, 6.07) is 13.7. The Morgan fingerprint density at radius 1 is 1.00 bits per heavy atom. The summed E-state index contributed by atoms with van der Waals surface area (Å²) in [6.45, 7) is 0. The monoisotopic (exact) mass is 309 g/mol. The van der Waals surface area contributed by atoms with E-state index in [4.69, 9.17) is 4.74 Å². The van der Waals surface area contributed by atoms with Crippen molar-refractivity contribution in [3.05, 3.63) is 77.1 Å². The minimum absolute atomic E-state index is 0.324. The summed E-state index contributed by atoms with van der Waals surface area (Å²) in [5.41, 5.74) is 3.15. The number of carbonyl (C=O) groups excluding carboxylic acids is 1. The molecule has 4 heteroatoms. The lowest BCUT2D eigenvalue weighted by Gasteiger charge is -2.11. The minimum atomic E-state index is -0.402. The molecule has 1 aliphatic heterocycles. The quantitative estimate of drug-likeness (QED) is 0.636. The van der Waals surface area contributed by atoms with Gasteiger partial charge < -0.3 is 9.64 Å². The molecule has 0 saturated carbocycles. The molecular formula is C19H16FNO2. The zero-order valence-electron chi connectivity index (χ0n) is 12.9. The van der Waals surface area contributed by atoms with Gasteiger partial charge >= 0.3 is 5.97 Å². The fraction of sp³-hybridized carbons (Fsp3) is 0.105. The molecule has 0 fully saturated rings. The lowest BCUT2D eigenvalue weighted by Crippen LogP contribution is -2.07. The van der Waals surface area contributed by atoms with Crippen molar-refractivity contribution in [3.63, 3.8) is 0 Å². The molecule has 0 aliphatic carbocycles. The van der Waals surface area contributed by atoms with Crippen LogP contribution in [0.5, 0.6) is 0 Å². The Balaban J connectivity index is 1.87.